The van der Waals surface area contributed by atoms with Crippen LogP contribution in [0.15, 0.2) is 22.7 Å². The second-order valence-electron chi connectivity index (χ2n) is 3.20. The molecule has 14 heavy (non-hydrogen) atoms. The van der Waals surface area contributed by atoms with Crippen LogP contribution in [0.5, 0.6) is 0 Å². The molecule has 1 atom stereocenters. The molecule has 0 heterocycles. The molecule has 1 aromatic carbocycles. The Hall–Kier alpha value is -1.14. The number of benzene rings is 1. The van der Waals surface area contributed by atoms with Gasteiger partial charge >= 0.3 is 0 Å². The Morgan fingerprint density at radius 1 is 1.64 bits per heavy atom. The summed E-state index contributed by atoms with van der Waals surface area (Å²) in [7, 11) is 0. The minimum Gasteiger partial charge on any atom is -0.303 e. The van der Waals surface area contributed by atoms with Crippen LogP contribution >= 0.6 is 15.9 Å². The molecule has 0 aliphatic rings. The van der Waals surface area contributed by atoms with E-state index in [0.717, 1.165) is 16.3 Å². The molecule has 0 spiro atoms. The van der Waals surface area contributed by atoms with Gasteiger partial charge in [0.1, 0.15) is 12.4 Å². The van der Waals surface area contributed by atoms with Crippen molar-refractivity contribution in [1.82, 2.24) is 0 Å². The number of carbonyl (C=O) groups excluding carboxylic acids is 1. The summed E-state index contributed by atoms with van der Waals surface area (Å²) in [6, 6.07) is 7.71. The van der Waals surface area contributed by atoms with Gasteiger partial charge in [0, 0.05) is 10.4 Å². The van der Waals surface area contributed by atoms with Crippen LogP contribution in [0, 0.1) is 17.2 Å². The third-order valence-electron chi connectivity index (χ3n) is 1.99. The summed E-state index contributed by atoms with van der Waals surface area (Å²) in [5.74, 6) is -0.0450. The molecule has 0 aliphatic carbocycles. The quantitative estimate of drug-likeness (QED) is 0.776. The first kappa shape index (κ1) is 10.9. The summed E-state index contributed by atoms with van der Waals surface area (Å²) in [5, 5.41) is 8.92. The molecule has 0 fully saturated rings. The van der Waals surface area contributed by atoms with E-state index in [1.807, 2.05) is 25.1 Å². The van der Waals surface area contributed by atoms with Crippen molar-refractivity contribution < 1.29 is 4.79 Å². The zero-order valence-electron chi connectivity index (χ0n) is 7.83. The fourth-order valence-corrected chi connectivity index (χ4v) is 1.76. The molecule has 0 bridgehead atoms. The van der Waals surface area contributed by atoms with Crippen molar-refractivity contribution in [2.75, 3.05) is 0 Å². The number of carbonyl (C=O) groups is 1. The van der Waals surface area contributed by atoms with Crippen molar-refractivity contribution in [1.29, 1.82) is 5.26 Å². The van der Waals surface area contributed by atoms with E-state index in [-0.39, 0.29) is 5.92 Å². The predicted molar refractivity (Wildman–Crippen MR) is 57.8 cm³/mol. The molecule has 1 aromatic rings. The van der Waals surface area contributed by atoms with Crippen LogP contribution in [0.4, 0.5) is 0 Å². The Morgan fingerprint density at radius 2 is 2.36 bits per heavy atom. The number of nitriles is 1. The Labute approximate surface area is 91.7 Å². The maximum absolute atomic E-state index is 10.5. The van der Waals surface area contributed by atoms with E-state index in [1.54, 1.807) is 0 Å². The number of hydrogen-bond donors (Lipinski definition) is 0. The van der Waals surface area contributed by atoms with Gasteiger partial charge in [-0.15, -0.1) is 0 Å². The van der Waals surface area contributed by atoms with Crippen molar-refractivity contribution in [3.05, 3.63) is 33.8 Å². The second-order valence-corrected chi connectivity index (χ2v) is 4.06. The van der Waals surface area contributed by atoms with Crippen LogP contribution in [0.25, 0.3) is 0 Å². The van der Waals surface area contributed by atoms with Crippen LogP contribution in [-0.4, -0.2) is 6.29 Å². The van der Waals surface area contributed by atoms with E-state index in [0.29, 0.717) is 12.0 Å². The number of aldehydes is 1. The van der Waals surface area contributed by atoms with E-state index in [2.05, 4.69) is 22.0 Å². The molecular formula is C11H10BrNO. The number of rotatable bonds is 3. The van der Waals surface area contributed by atoms with Crippen LogP contribution in [-0.2, 0) is 11.2 Å². The average Bonchev–Trinajstić information content (AvgIpc) is 2.18. The van der Waals surface area contributed by atoms with Crippen LogP contribution in [0.1, 0.15) is 18.1 Å². The molecule has 1 rings (SSSR count). The summed E-state index contributed by atoms with van der Waals surface area (Å²) in [4.78, 5) is 10.5. The highest BCUT2D eigenvalue weighted by molar-refractivity contribution is 9.10. The Kier molecular flexibility index (Phi) is 3.84. The Bertz CT molecular complexity index is 381. The van der Waals surface area contributed by atoms with E-state index < -0.39 is 0 Å². The molecule has 0 aromatic heterocycles. The molecule has 0 radical (unpaired) electrons. The van der Waals surface area contributed by atoms with E-state index in [1.165, 1.54) is 0 Å². The van der Waals surface area contributed by atoms with Gasteiger partial charge in [0.25, 0.3) is 0 Å². The van der Waals surface area contributed by atoms with E-state index in [9.17, 15) is 4.79 Å². The third-order valence-corrected chi connectivity index (χ3v) is 2.65. The maximum atomic E-state index is 10.5. The highest BCUT2D eigenvalue weighted by Crippen LogP contribution is 2.21. The zero-order chi connectivity index (χ0) is 10.6. The molecule has 0 amide bonds. The van der Waals surface area contributed by atoms with Crippen LogP contribution < -0.4 is 0 Å². The molecule has 0 saturated carbocycles. The van der Waals surface area contributed by atoms with Crippen molar-refractivity contribution >= 4 is 22.2 Å². The minimum absolute atomic E-state index is 0.0450. The lowest BCUT2D eigenvalue weighted by Crippen LogP contribution is -2.02. The van der Waals surface area contributed by atoms with E-state index >= 15 is 0 Å². The molecule has 0 saturated heterocycles. The van der Waals surface area contributed by atoms with Gasteiger partial charge in [-0.2, -0.15) is 5.26 Å². The molecule has 2 nitrogen and oxygen atoms in total. The van der Waals surface area contributed by atoms with Crippen molar-refractivity contribution in [3.8, 4) is 6.07 Å². The summed E-state index contributed by atoms with van der Waals surface area (Å²) in [6.07, 6.45) is 1.52. The number of nitrogens with zero attached hydrogens (tertiary/aromatic N) is 1. The number of halogens is 1. The van der Waals surface area contributed by atoms with Gasteiger partial charge in [0.15, 0.2) is 0 Å². The van der Waals surface area contributed by atoms with Gasteiger partial charge in [0.2, 0.25) is 0 Å². The third kappa shape index (κ3) is 2.43. The van der Waals surface area contributed by atoms with Crippen LogP contribution in [0.2, 0.25) is 0 Å². The summed E-state index contributed by atoms with van der Waals surface area (Å²) < 4.78 is 0.788. The lowest BCUT2D eigenvalue weighted by atomic mass is 9.98. The van der Waals surface area contributed by atoms with Crippen molar-refractivity contribution in [2.24, 2.45) is 5.92 Å². The van der Waals surface area contributed by atoms with Crippen molar-refractivity contribution in [2.45, 2.75) is 13.3 Å². The Balaban J connectivity index is 3.03. The topological polar surface area (TPSA) is 40.9 Å². The molecule has 3 heteroatoms. The van der Waals surface area contributed by atoms with Gasteiger partial charge in [-0.25, -0.2) is 0 Å². The van der Waals surface area contributed by atoms with Gasteiger partial charge in [-0.3, -0.25) is 0 Å². The monoisotopic (exact) mass is 251 g/mol. The zero-order valence-corrected chi connectivity index (χ0v) is 9.41. The maximum Gasteiger partial charge on any atom is 0.123 e. The highest BCUT2D eigenvalue weighted by Gasteiger charge is 2.08. The van der Waals surface area contributed by atoms with Crippen molar-refractivity contribution in [3.63, 3.8) is 0 Å². The first-order valence-electron chi connectivity index (χ1n) is 4.31. The lowest BCUT2D eigenvalue weighted by Gasteiger charge is -2.06. The number of hydrogen-bond acceptors (Lipinski definition) is 2. The molecule has 0 aliphatic heterocycles. The smallest absolute Gasteiger partial charge is 0.123 e. The molecular weight excluding hydrogens is 242 g/mol. The predicted octanol–water partition coefficient (Wildman–Crippen LogP) is 2.70. The SMILES string of the molecule is CC(C=O)Cc1cccc(Br)c1C#N. The van der Waals surface area contributed by atoms with Gasteiger partial charge in [0.05, 0.1) is 5.56 Å². The summed E-state index contributed by atoms with van der Waals surface area (Å²) in [5.41, 5.74) is 1.54. The average molecular weight is 252 g/mol. The van der Waals surface area contributed by atoms with Gasteiger partial charge in [-0.05, 0) is 34.0 Å². The molecule has 72 valence electrons. The first-order valence-corrected chi connectivity index (χ1v) is 5.11. The van der Waals surface area contributed by atoms with Gasteiger partial charge in [-0.1, -0.05) is 19.1 Å². The Morgan fingerprint density at radius 3 is 2.93 bits per heavy atom. The second kappa shape index (κ2) is 4.92. The minimum atomic E-state index is -0.0450. The molecule has 1 unspecified atom stereocenters. The van der Waals surface area contributed by atoms with E-state index in [4.69, 9.17) is 5.26 Å². The largest absolute Gasteiger partial charge is 0.303 e. The molecule has 0 N–H and O–H groups in total. The normalized spacial score (nSPS) is 11.8. The lowest BCUT2D eigenvalue weighted by molar-refractivity contribution is -0.110. The first-order chi connectivity index (χ1) is 6.69. The standard InChI is InChI=1S/C11H10BrNO/c1-8(7-14)5-9-3-2-4-11(12)10(9)6-13/h2-4,7-8H,5H2,1H3. The van der Waals surface area contributed by atoms with Gasteiger partial charge < -0.3 is 4.79 Å². The summed E-state index contributed by atoms with van der Waals surface area (Å²) in [6.45, 7) is 1.84. The highest BCUT2D eigenvalue weighted by atomic mass is 79.9. The fourth-order valence-electron chi connectivity index (χ4n) is 1.26. The van der Waals surface area contributed by atoms with Crippen LogP contribution in [0.3, 0.4) is 0 Å². The fraction of sp³-hybridized carbons (Fsp3) is 0.273. The summed E-state index contributed by atoms with van der Waals surface area (Å²) >= 11 is 3.31.